The van der Waals surface area contributed by atoms with Crippen molar-refractivity contribution in [2.24, 2.45) is 0 Å². The van der Waals surface area contributed by atoms with Gasteiger partial charge in [-0.25, -0.2) is 0 Å². The van der Waals surface area contributed by atoms with Crippen molar-refractivity contribution in [1.29, 1.82) is 0 Å². The quantitative estimate of drug-likeness (QED) is 0.530. The minimum Gasteiger partial charge on any atom is -0.360 e. The van der Waals surface area contributed by atoms with Gasteiger partial charge in [0.2, 0.25) is 5.95 Å². The summed E-state index contributed by atoms with van der Waals surface area (Å²) in [6.45, 7) is 1.63. The topological polar surface area (TPSA) is 89.2 Å². The van der Waals surface area contributed by atoms with E-state index >= 15 is 0 Å². The fraction of sp³-hybridized carbons (Fsp3) is 0.350. The van der Waals surface area contributed by atoms with Crippen LogP contribution in [0.5, 0.6) is 0 Å². The first-order chi connectivity index (χ1) is 15.2. The van der Waals surface area contributed by atoms with Crippen LogP contribution in [0.15, 0.2) is 30.5 Å². The van der Waals surface area contributed by atoms with Crippen molar-refractivity contribution in [2.45, 2.75) is 6.18 Å². The normalized spacial score (nSPS) is 15.2. The minimum absolute atomic E-state index is 0.0454. The molecule has 0 bridgehead atoms. The zero-order chi connectivity index (χ0) is 22.9. The molecule has 0 spiro atoms. The van der Waals surface area contributed by atoms with E-state index in [2.05, 4.69) is 30.5 Å². The average Bonchev–Trinajstić information content (AvgIpc) is 3.20. The fourth-order valence-electron chi connectivity index (χ4n) is 3.39. The van der Waals surface area contributed by atoms with Crippen LogP contribution >= 0.6 is 11.6 Å². The van der Waals surface area contributed by atoms with Crippen molar-refractivity contribution in [3.05, 3.63) is 41.0 Å². The monoisotopic (exact) mass is 467 g/mol. The first kappa shape index (κ1) is 22.2. The molecule has 12 heteroatoms. The fourth-order valence-corrected chi connectivity index (χ4v) is 3.65. The van der Waals surface area contributed by atoms with Gasteiger partial charge in [0.05, 0.1) is 16.0 Å². The second kappa shape index (κ2) is 8.83. The summed E-state index contributed by atoms with van der Waals surface area (Å²) in [6, 6.07) is 6.42. The number of aromatic nitrogens is 3. The van der Waals surface area contributed by atoms with E-state index in [1.165, 1.54) is 0 Å². The highest BCUT2D eigenvalue weighted by molar-refractivity contribution is 6.34. The maximum atomic E-state index is 12.8. The van der Waals surface area contributed by atoms with Crippen LogP contribution in [0.3, 0.4) is 0 Å². The molecule has 8 nitrogen and oxygen atoms in total. The standard InChI is InChI=1S/C20H21ClF3N7O/c1-30-6-8-31(9-7-30)18(32)13-3-2-12(10-15(13)21)27-19-28-16-14(4-5-25-16)17(29-19)26-11-20(22,23)24/h2-5,10H,6-9,11H2,1H3,(H3,25,26,27,28,29). The predicted octanol–water partition coefficient (Wildman–Crippen LogP) is 3.72. The van der Waals surface area contributed by atoms with Gasteiger partial charge in [-0.1, -0.05) is 11.6 Å². The molecular formula is C20H21ClF3N7O. The van der Waals surface area contributed by atoms with Gasteiger partial charge in [0, 0.05) is 38.1 Å². The number of carbonyl (C=O) groups excluding carboxylic acids is 1. The highest BCUT2D eigenvalue weighted by Gasteiger charge is 2.27. The third-order valence-corrected chi connectivity index (χ3v) is 5.43. The number of benzene rings is 1. The van der Waals surface area contributed by atoms with Crippen molar-refractivity contribution < 1.29 is 18.0 Å². The van der Waals surface area contributed by atoms with Gasteiger partial charge < -0.3 is 25.4 Å². The number of nitrogens with zero attached hydrogens (tertiary/aromatic N) is 4. The molecule has 0 aliphatic carbocycles. The van der Waals surface area contributed by atoms with Crippen molar-refractivity contribution in [2.75, 3.05) is 50.4 Å². The van der Waals surface area contributed by atoms with Gasteiger partial charge in [-0.05, 0) is 31.3 Å². The van der Waals surface area contributed by atoms with Gasteiger partial charge in [0.1, 0.15) is 18.0 Å². The third kappa shape index (κ3) is 5.05. The maximum absolute atomic E-state index is 12.8. The van der Waals surface area contributed by atoms with Crippen molar-refractivity contribution in [3.8, 4) is 0 Å². The molecule has 4 rings (SSSR count). The summed E-state index contributed by atoms with van der Waals surface area (Å²) in [7, 11) is 2.01. The number of nitrogens with one attached hydrogen (secondary N) is 3. The van der Waals surface area contributed by atoms with Gasteiger partial charge in [0.25, 0.3) is 5.91 Å². The Kier molecular flexibility index (Phi) is 6.11. The van der Waals surface area contributed by atoms with E-state index in [1.54, 1.807) is 35.4 Å². The molecule has 1 amide bonds. The largest absolute Gasteiger partial charge is 0.405 e. The molecule has 3 N–H and O–H groups in total. The van der Waals surface area contributed by atoms with Gasteiger partial charge >= 0.3 is 6.18 Å². The molecule has 1 fully saturated rings. The summed E-state index contributed by atoms with van der Waals surface area (Å²) in [5.74, 6) is -0.0137. The lowest BCUT2D eigenvalue weighted by Gasteiger charge is -2.32. The number of hydrogen-bond acceptors (Lipinski definition) is 6. The molecule has 1 aliphatic rings. The second-order valence-corrected chi connectivity index (χ2v) is 7.93. The molecule has 2 aromatic heterocycles. The van der Waals surface area contributed by atoms with Gasteiger partial charge in [-0.15, -0.1) is 0 Å². The van der Waals surface area contributed by atoms with Crippen molar-refractivity contribution in [1.82, 2.24) is 24.8 Å². The van der Waals surface area contributed by atoms with E-state index in [-0.39, 0.29) is 22.7 Å². The van der Waals surface area contributed by atoms with Crippen LogP contribution in [0.2, 0.25) is 5.02 Å². The number of anilines is 3. The molecule has 170 valence electrons. The van der Waals surface area contributed by atoms with Crippen LogP contribution in [0, 0.1) is 0 Å². The van der Waals surface area contributed by atoms with Crippen molar-refractivity contribution >= 4 is 46.0 Å². The Hall–Kier alpha value is -3.05. The summed E-state index contributed by atoms with van der Waals surface area (Å²) in [6.07, 6.45) is -2.82. The first-order valence-corrected chi connectivity index (χ1v) is 10.3. The molecule has 1 aromatic carbocycles. The number of halogens is 4. The van der Waals surface area contributed by atoms with Crippen LogP contribution in [0.4, 0.5) is 30.6 Å². The van der Waals surface area contributed by atoms with Crippen LogP contribution in [0.25, 0.3) is 11.0 Å². The summed E-state index contributed by atoms with van der Waals surface area (Å²) < 4.78 is 37.9. The van der Waals surface area contributed by atoms with E-state index in [1.807, 2.05) is 7.05 Å². The number of aromatic amines is 1. The number of amides is 1. The van der Waals surface area contributed by atoms with E-state index in [0.29, 0.717) is 35.4 Å². The highest BCUT2D eigenvalue weighted by Crippen LogP contribution is 2.27. The number of likely N-dealkylation sites (N-methyl/N-ethyl adjacent to an activating group) is 1. The number of alkyl halides is 3. The van der Waals surface area contributed by atoms with Gasteiger partial charge in [-0.3, -0.25) is 4.79 Å². The van der Waals surface area contributed by atoms with E-state index in [0.717, 1.165) is 13.1 Å². The SMILES string of the molecule is CN1CCN(C(=O)c2ccc(Nc3nc(NCC(F)(F)F)c4cc[nH]c4n3)cc2Cl)CC1. The van der Waals surface area contributed by atoms with Gasteiger partial charge in [-0.2, -0.15) is 23.1 Å². The van der Waals surface area contributed by atoms with E-state index in [9.17, 15) is 18.0 Å². The Labute approximate surface area is 186 Å². The van der Waals surface area contributed by atoms with Crippen LogP contribution in [-0.4, -0.2) is 76.6 Å². The number of carbonyl (C=O) groups is 1. The lowest BCUT2D eigenvalue weighted by Crippen LogP contribution is -2.47. The predicted molar refractivity (Wildman–Crippen MR) is 117 cm³/mol. The molecule has 1 aliphatic heterocycles. The second-order valence-electron chi connectivity index (χ2n) is 7.52. The number of rotatable bonds is 5. The molecule has 32 heavy (non-hydrogen) atoms. The van der Waals surface area contributed by atoms with Crippen molar-refractivity contribution in [3.63, 3.8) is 0 Å². The molecule has 0 saturated carbocycles. The van der Waals surface area contributed by atoms with E-state index in [4.69, 9.17) is 11.6 Å². The van der Waals surface area contributed by atoms with Crippen LogP contribution in [0.1, 0.15) is 10.4 Å². The number of fused-ring (bicyclic) bond motifs is 1. The lowest BCUT2D eigenvalue weighted by atomic mass is 10.1. The first-order valence-electron chi connectivity index (χ1n) is 9.90. The smallest absolute Gasteiger partial charge is 0.360 e. The average molecular weight is 468 g/mol. The van der Waals surface area contributed by atoms with Gasteiger partial charge in [0.15, 0.2) is 0 Å². The molecular weight excluding hydrogens is 447 g/mol. The Morgan fingerprint density at radius 3 is 2.62 bits per heavy atom. The Balaban J connectivity index is 1.53. The minimum atomic E-state index is -4.39. The molecule has 0 radical (unpaired) electrons. The zero-order valence-corrected chi connectivity index (χ0v) is 17.9. The summed E-state index contributed by atoms with van der Waals surface area (Å²) in [5, 5.41) is 5.93. The maximum Gasteiger partial charge on any atom is 0.405 e. The Morgan fingerprint density at radius 2 is 1.94 bits per heavy atom. The number of hydrogen-bond donors (Lipinski definition) is 3. The molecule has 1 saturated heterocycles. The summed E-state index contributed by atoms with van der Waals surface area (Å²) in [4.78, 5) is 28.0. The molecule has 0 unspecified atom stereocenters. The lowest BCUT2D eigenvalue weighted by molar-refractivity contribution is -0.115. The molecule has 3 heterocycles. The Bertz CT molecular complexity index is 1130. The van der Waals surface area contributed by atoms with Crippen LogP contribution in [-0.2, 0) is 0 Å². The molecule has 3 aromatic rings. The Morgan fingerprint density at radius 1 is 1.19 bits per heavy atom. The summed E-state index contributed by atoms with van der Waals surface area (Å²) in [5.41, 5.74) is 1.26. The number of H-pyrrole nitrogens is 1. The molecule has 0 atom stereocenters. The third-order valence-electron chi connectivity index (χ3n) is 5.12. The van der Waals surface area contributed by atoms with E-state index < -0.39 is 12.7 Å². The summed E-state index contributed by atoms with van der Waals surface area (Å²) >= 11 is 6.36. The number of piperazine rings is 1. The zero-order valence-electron chi connectivity index (χ0n) is 17.1. The highest BCUT2D eigenvalue weighted by atomic mass is 35.5. The van der Waals surface area contributed by atoms with Crippen LogP contribution < -0.4 is 10.6 Å².